The number of amides is 1. The quantitative estimate of drug-likeness (QED) is 0.387. The summed E-state index contributed by atoms with van der Waals surface area (Å²) in [6.07, 6.45) is 2.06. The van der Waals surface area contributed by atoms with E-state index in [1.807, 2.05) is 20.8 Å². The molecule has 0 spiro atoms. The summed E-state index contributed by atoms with van der Waals surface area (Å²) < 4.78 is 5.95. The van der Waals surface area contributed by atoms with E-state index in [1.54, 1.807) is 4.90 Å². The number of rotatable bonds is 3. The van der Waals surface area contributed by atoms with Gasteiger partial charge in [0, 0.05) is 26.1 Å². The normalized spacial score (nSPS) is 15.8. The molecule has 9 nitrogen and oxygen atoms in total. The lowest BCUT2D eigenvalue weighted by Crippen LogP contribution is -2.44. The molecule has 0 unspecified atom stereocenters. The van der Waals surface area contributed by atoms with Crippen LogP contribution in [-0.4, -0.2) is 40.6 Å². The van der Waals surface area contributed by atoms with E-state index in [4.69, 9.17) is 4.74 Å². The molecular weight excluding hydrogens is 328 g/mol. The summed E-state index contributed by atoms with van der Waals surface area (Å²) in [6.45, 7) is 7.94. The van der Waals surface area contributed by atoms with Gasteiger partial charge in [-0.1, -0.05) is 0 Å². The molecule has 1 aliphatic rings. The number of ether oxygens (including phenoxy) is 1. The molecule has 1 aromatic heterocycles. The zero-order chi connectivity index (χ0) is 18.8. The fourth-order valence-corrected chi connectivity index (χ4v) is 2.64. The third-order valence-corrected chi connectivity index (χ3v) is 3.92. The molecule has 0 radical (unpaired) electrons. The van der Waals surface area contributed by atoms with Gasteiger partial charge in [0.1, 0.15) is 5.60 Å². The maximum absolute atomic E-state index is 12.1. The first-order chi connectivity index (χ1) is 11.6. The number of pyridine rings is 1. The number of carbonyl (C=O) groups excluding carboxylic acids is 1. The standard InChI is InChI=1S/C16H24N4O5/c1-11-9-14(20(23)24)13(10-19(11)22)17-12-5-7-18(8-6-12)15(21)25-16(2,3)4/h9-10,12,17H,5-8H2,1-4H3. The Bertz CT molecular complexity index is 663. The Morgan fingerprint density at radius 3 is 2.52 bits per heavy atom. The third kappa shape index (κ3) is 4.94. The van der Waals surface area contributed by atoms with Gasteiger partial charge in [0.15, 0.2) is 11.4 Å². The first-order valence-corrected chi connectivity index (χ1v) is 8.19. The van der Waals surface area contributed by atoms with E-state index < -0.39 is 10.5 Å². The van der Waals surface area contributed by atoms with Crippen molar-refractivity contribution in [1.29, 1.82) is 0 Å². The number of anilines is 1. The predicted octanol–water partition coefficient (Wildman–Crippen LogP) is 2.35. The molecule has 1 saturated heterocycles. The summed E-state index contributed by atoms with van der Waals surface area (Å²) in [7, 11) is 0. The lowest BCUT2D eigenvalue weighted by molar-refractivity contribution is -0.612. The second kappa shape index (κ2) is 7.12. The van der Waals surface area contributed by atoms with Gasteiger partial charge in [0.05, 0.1) is 11.0 Å². The Hall–Kier alpha value is -2.58. The smallest absolute Gasteiger partial charge is 0.410 e. The Kier molecular flexibility index (Phi) is 5.34. The first kappa shape index (κ1) is 18.8. The number of hydrogen-bond acceptors (Lipinski definition) is 6. The van der Waals surface area contributed by atoms with E-state index in [0.717, 1.165) is 0 Å². The highest BCUT2D eigenvalue weighted by Crippen LogP contribution is 2.26. The van der Waals surface area contributed by atoms with Crippen LogP contribution in [0.3, 0.4) is 0 Å². The second-order valence-corrected chi connectivity index (χ2v) is 7.18. The minimum atomic E-state index is -0.545. The van der Waals surface area contributed by atoms with Crippen LogP contribution in [0.1, 0.15) is 39.3 Å². The highest BCUT2D eigenvalue weighted by Gasteiger charge is 2.29. The van der Waals surface area contributed by atoms with Crippen molar-refractivity contribution in [3.05, 3.63) is 33.3 Å². The summed E-state index contributed by atoms with van der Waals surface area (Å²) in [5.74, 6) is 0. The summed E-state index contributed by atoms with van der Waals surface area (Å²) >= 11 is 0. The fourth-order valence-electron chi connectivity index (χ4n) is 2.64. The van der Waals surface area contributed by atoms with Crippen molar-refractivity contribution in [2.75, 3.05) is 18.4 Å². The average Bonchev–Trinajstić information content (AvgIpc) is 2.49. The minimum absolute atomic E-state index is 0.0555. The monoisotopic (exact) mass is 352 g/mol. The molecule has 0 bridgehead atoms. The Balaban J connectivity index is 2.00. The van der Waals surface area contributed by atoms with E-state index in [2.05, 4.69) is 5.32 Å². The van der Waals surface area contributed by atoms with Gasteiger partial charge in [-0.2, -0.15) is 4.73 Å². The molecule has 1 aliphatic heterocycles. The van der Waals surface area contributed by atoms with Crippen LogP contribution < -0.4 is 10.0 Å². The predicted molar refractivity (Wildman–Crippen MR) is 91.2 cm³/mol. The average molecular weight is 352 g/mol. The topological polar surface area (TPSA) is 112 Å². The van der Waals surface area contributed by atoms with Crippen LogP contribution >= 0.6 is 0 Å². The summed E-state index contributed by atoms with van der Waals surface area (Å²) in [5, 5.41) is 26.0. The molecule has 0 atom stereocenters. The van der Waals surface area contributed by atoms with Crippen LogP contribution in [-0.2, 0) is 4.74 Å². The largest absolute Gasteiger partial charge is 0.618 e. The second-order valence-electron chi connectivity index (χ2n) is 7.18. The van der Waals surface area contributed by atoms with Crippen LogP contribution in [0.25, 0.3) is 0 Å². The van der Waals surface area contributed by atoms with Gasteiger partial charge >= 0.3 is 11.8 Å². The molecular formula is C16H24N4O5. The SMILES string of the molecule is Cc1cc([N+](=O)[O-])c(NC2CCN(C(=O)OC(C)(C)C)CC2)c[n+]1[O-]. The maximum atomic E-state index is 12.1. The van der Waals surface area contributed by atoms with Crippen molar-refractivity contribution < 1.29 is 19.2 Å². The number of piperidine rings is 1. The van der Waals surface area contributed by atoms with E-state index in [-0.39, 0.29) is 29.2 Å². The highest BCUT2D eigenvalue weighted by atomic mass is 16.6. The van der Waals surface area contributed by atoms with Crippen molar-refractivity contribution in [2.45, 2.75) is 52.2 Å². The number of carbonyl (C=O) groups is 1. The molecule has 9 heteroatoms. The molecule has 1 fully saturated rings. The fraction of sp³-hybridized carbons (Fsp3) is 0.625. The Morgan fingerprint density at radius 1 is 1.40 bits per heavy atom. The molecule has 0 aromatic carbocycles. The Morgan fingerprint density at radius 2 is 2.00 bits per heavy atom. The number of nitro groups is 1. The summed E-state index contributed by atoms with van der Waals surface area (Å²) in [4.78, 5) is 24.4. The number of nitrogens with one attached hydrogen (secondary N) is 1. The number of hydrogen-bond donors (Lipinski definition) is 1. The van der Waals surface area contributed by atoms with Crippen molar-refractivity contribution in [3.8, 4) is 0 Å². The molecule has 25 heavy (non-hydrogen) atoms. The van der Waals surface area contributed by atoms with Crippen LogP contribution in [0, 0.1) is 22.2 Å². The zero-order valence-corrected chi connectivity index (χ0v) is 14.9. The minimum Gasteiger partial charge on any atom is -0.618 e. The van der Waals surface area contributed by atoms with Crippen LogP contribution in [0.4, 0.5) is 16.2 Å². The summed E-state index contributed by atoms with van der Waals surface area (Å²) in [6, 6.07) is 1.20. The van der Waals surface area contributed by atoms with Crippen molar-refractivity contribution in [3.63, 3.8) is 0 Å². The van der Waals surface area contributed by atoms with Crippen LogP contribution in [0.15, 0.2) is 12.3 Å². The number of aromatic nitrogens is 1. The van der Waals surface area contributed by atoms with Gasteiger partial charge in [0.2, 0.25) is 6.20 Å². The van der Waals surface area contributed by atoms with Crippen molar-refractivity contribution in [2.24, 2.45) is 0 Å². The molecule has 0 aliphatic carbocycles. The van der Waals surface area contributed by atoms with E-state index in [0.29, 0.717) is 30.7 Å². The molecule has 2 rings (SSSR count). The lowest BCUT2D eigenvalue weighted by atomic mass is 10.0. The van der Waals surface area contributed by atoms with E-state index in [9.17, 15) is 20.1 Å². The van der Waals surface area contributed by atoms with Crippen LogP contribution in [0.2, 0.25) is 0 Å². The lowest BCUT2D eigenvalue weighted by Gasteiger charge is -2.33. The van der Waals surface area contributed by atoms with Gasteiger partial charge in [-0.05, 0) is 33.6 Å². The highest BCUT2D eigenvalue weighted by molar-refractivity contribution is 5.68. The number of nitrogens with zero attached hydrogens (tertiary/aromatic N) is 3. The van der Waals surface area contributed by atoms with Gasteiger partial charge in [-0.15, -0.1) is 0 Å². The van der Waals surface area contributed by atoms with Crippen LogP contribution in [0.5, 0.6) is 0 Å². The molecule has 1 aromatic rings. The molecule has 1 amide bonds. The van der Waals surface area contributed by atoms with Crippen molar-refractivity contribution >= 4 is 17.5 Å². The zero-order valence-electron chi connectivity index (χ0n) is 14.9. The van der Waals surface area contributed by atoms with Gasteiger partial charge in [-0.25, -0.2) is 4.79 Å². The van der Waals surface area contributed by atoms with E-state index in [1.165, 1.54) is 19.2 Å². The molecule has 0 saturated carbocycles. The molecule has 138 valence electrons. The molecule has 1 N–H and O–H groups in total. The number of likely N-dealkylation sites (tertiary alicyclic amines) is 1. The first-order valence-electron chi connectivity index (χ1n) is 8.19. The van der Waals surface area contributed by atoms with Gasteiger partial charge < -0.3 is 20.2 Å². The number of aryl methyl sites for hydroxylation is 1. The van der Waals surface area contributed by atoms with Gasteiger partial charge in [0.25, 0.3) is 0 Å². The van der Waals surface area contributed by atoms with Gasteiger partial charge in [-0.3, -0.25) is 10.1 Å². The van der Waals surface area contributed by atoms with Crippen molar-refractivity contribution in [1.82, 2.24) is 4.90 Å². The maximum Gasteiger partial charge on any atom is 0.410 e. The molecule has 2 heterocycles. The Labute approximate surface area is 146 Å². The summed E-state index contributed by atoms with van der Waals surface area (Å²) in [5.41, 5.74) is -0.214. The van der Waals surface area contributed by atoms with E-state index >= 15 is 0 Å². The third-order valence-electron chi connectivity index (χ3n) is 3.92.